The van der Waals surface area contributed by atoms with Crippen LogP contribution < -0.4 is 5.32 Å². The first-order chi connectivity index (χ1) is 9.33. The predicted molar refractivity (Wildman–Crippen MR) is 75.8 cm³/mol. The summed E-state index contributed by atoms with van der Waals surface area (Å²) >= 11 is 0. The van der Waals surface area contributed by atoms with E-state index in [4.69, 9.17) is 4.52 Å². The van der Waals surface area contributed by atoms with E-state index in [2.05, 4.69) is 34.5 Å². The Hall–Kier alpha value is -1.68. The summed E-state index contributed by atoms with van der Waals surface area (Å²) in [5, 5.41) is 7.39. The summed E-state index contributed by atoms with van der Waals surface area (Å²) in [6.07, 6.45) is 2.25. The molecule has 0 aliphatic carbocycles. The molecule has 1 fully saturated rings. The number of nitrogens with one attached hydrogen (secondary N) is 1. The van der Waals surface area contributed by atoms with Crippen LogP contribution in [0.5, 0.6) is 0 Å². The van der Waals surface area contributed by atoms with Gasteiger partial charge in [-0.2, -0.15) is 4.98 Å². The molecule has 19 heavy (non-hydrogen) atoms. The van der Waals surface area contributed by atoms with E-state index < -0.39 is 0 Å². The van der Waals surface area contributed by atoms with Crippen LogP contribution in [-0.4, -0.2) is 16.7 Å². The van der Waals surface area contributed by atoms with Gasteiger partial charge in [0.1, 0.15) is 0 Å². The van der Waals surface area contributed by atoms with Crippen molar-refractivity contribution in [1.82, 2.24) is 15.5 Å². The Kier molecular flexibility index (Phi) is 4.68. The van der Waals surface area contributed by atoms with Crippen molar-refractivity contribution in [2.75, 3.05) is 6.54 Å². The normalized spacial score (nSPS) is 17.9. The molecule has 1 N–H and O–H groups in total. The van der Waals surface area contributed by atoms with E-state index in [1.165, 1.54) is 12.0 Å². The van der Waals surface area contributed by atoms with Crippen LogP contribution >= 0.6 is 0 Å². The van der Waals surface area contributed by atoms with Crippen LogP contribution in [0.25, 0.3) is 11.4 Å². The van der Waals surface area contributed by atoms with Gasteiger partial charge in [-0.25, -0.2) is 0 Å². The van der Waals surface area contributed by atoms with Crippen molar-refractivity contribution in [3.63, 3.8) is 0 Å². The van der Waals surface area contributed by atoms with Gasteiger partial charge in [-0.3, -0.25) is 0 Å². The second-order valence-electron chi connectivity index (χ2n) is 4.47. The maximum atomic E-state index is 5.31. The van der Waals surface area contributed by atoms with Crippen LogP contribution in [0, 0.1) is 6.92 Å². The molecule has 0 saturated carbocycles. The third-order valence-corrected chi connectivity index (χ3v) is 3.11. The van der Waals surface area contributed by atoms with Gasteiger partial charge >= 0.3 is 0 Å². The number of benzene rings is 1. The van der Waals surface area contributed by atoms with Crippen LogP contribution in [-0.2, 0) is 0 Å². The molecule has 1 unspecified atom stereocenters. The largest absolute Gasteiger partial charge is 0.337 e. The molecule has 0 bridgehead atoms. The van der Waals surface area contributed by atoms with Gasteiger partial charge in [-0.15, -0.1) is 0 Å². The maximum Gasteiger partial charge on any atom is 0.244 e. The third-order valence-electron chi connectivity index (χ3n) is 3.11. The third kappa shape index (κ3) is 3.20. The van der Waals surface area contributed by atoms with Crippen LogP contribution in [0.1, 0.15) is 44.2 Å². The molecule has 4 nitrogen and oxygen atoms in total. The van der Waals surface area contributed by atoms with Crippen molar-refractivity contribution in [3.05, 3.63) is 35.7 Å². The standard InChI is InChI=1S/C13H15N3O.C2H6/c1-9-4-6-10(7-5-9)12-15-13(17-16-12)11-3-2-8-14-11;1-2/h4-7,11,14H,2-3,8H2,1H3;1-2H3. The molecular formula is C15H21N3O. The zero-order chi connectivity index (χ0) is 13.7. The lowest BCUT2D eigenvalue weighted by Gasteiger charge is -2.01. The smallest absolute Gasteiger partial charge is 0.244 e. The average molecular weight is 259 g/mol. The molecule has 2 heterocycles. The van der Waals surface area contributed by atoms with Gasteiger partial charge in [-0.1, -0.05) is 48.8 Å². The molecule has 3 rings (SSSR count). The van der Waals surface area contributed by atoms with Crippen LogP contribution in [0.2, 0.25) is 0 Å². The molecule has 0 radical (unpaired) electrons. The molecule has 1 atom stereocenters. The zero-order valence-electron chi connectivity index (χ0n) is 11.8. The van der Waals surface area contributed by atoms with Crippen molar-refractivity contribution in [3.8, 4) is 11.4 Å². The van der Waals surface area contributed by atoms with Crippen molar-refractivity contribution < 1.29 is 4.52 Å². The molecule has 4 heteroatoms. The second kappa shape index (κ2) is 6.48. The van der Waals surface area contributed by atoms with Gasteiger partial charge in [0.25, 0.3) is 0 Å². The Labute approximate surface area is 114 Å². The Morgan fingerprint density at radius 1 is 1.21 bits per heavy atom. The summed E-state index contributed by atoms with van der Waals surface area (Å²) in [4.78, 5) is 4.45. The molecule has 102 valence electrons. The number of hydrogen-bond donors (Lipinski definition) is 1. The Balaban J connectivity index is 0.000000637. The van der Waals surface area contributed by atoms with Crippen LogP contribution in [0.15, 0.2) is 28.8 Å². The SMILES string of the molecule is CC.Cc1ccc(-c2noc(C3CCCN3)n2)cc1. The minimum atomic E-state index is 0.238. The monoisotopic (exact) mass is 259 g/mol. The number of aryl methyl sites for hydroxylation is 1. The van der Waals surface area contributed by atoms with E-state index in [0.29, 0.717) is 11.7 Å². The first kappa shape index (κ1) is 13.7. The second-order valence-corrected chi connectivity index (χ2v) is 4.47. The minimum absolute atomic E-state index is 0.238. The highest BCUT2D eigenvalue weighted by Crippen LogP contribution is 2.24. The highest BCUT2D eigenvalue weighted by atomic mass is 16.5. The van der Waals surface area contributed by atoms with Gasteiger partial charge in [0, 0.05) is 5.56 Å². The maximum absolute atomic E-state index is 5.31. The highest BCUT2D eigenvalue weighted by Gasteiger charge is 2.22. The number of hydrogen-bond acceptors (Lipinski definition) is 4. The van der Waals surface area contributed by atoms with E-state index in [0.717, 1.165) is 18.5 Å². The lowest BCUT2D eigenvalue weighted by Crippen LogP contribution is -2.12. The predicted octanol–water partition coefficient (Wildman–Crippen LogP) is 3.50. The number of rotatable bonds is 2. The van der Waals surface area contributed by atoms with Gasteiger partial charge in [0.05, 0.1) is 6.04 Å². The van der Waals surface area contributed by atoms with Crippen molar-refractivity contribution >= 4 is 0 Å². The summed E-state index contributed by atoms with van der Waals surface area (Å²) in [6, 6.07) is 8.39. The summed E-state index contributed by atoms with van der Waals surface area (Å²) in [5.74, 6) is 1.38. The molecule has 1 saturated heterocycles. The Morgan fingerprint density at radius 3 is 2.58 bits per heavy atom. The summed E-state index contributed by atoms with van der Waals surface area (Å²) in [7, 11) is 0. The fourth-order valence-corrected chi connectivity index (χ4v) is 2.09. The molecule has 1 aliphatic rings. The summed E-state index contributed by atoms with van der Waals surface area (Å²) in [5.41, 5.74) is 2.23. The molecule has 2 aromatic rings. The first-order valence-corrected chi connectivity index (χ1v) is 6.97. The molecule has 1 aliphatic heterocycles. The average Bonchev–Trinajstić information content (AvgIpc) is 3.13. The molecular weight excluding hydrogens is 238 g/mol. The minimum Gasteiger partial charge on any atom is -0.337 e. The fraction of sp³-hybridized carbons (Fsp3) is 0.467. The van der Waals surface area contributed by atoms with E-state index in [-0.39, 0.29) is 6.04 Å². The van der Waals surface area contributed by atoms with Crippen molar-refractivity contribution in [2.24, 2.45) is 0 Å². The van der Waals surface area contributed by atoms with Gasteiger partial charge in [0.2, 0.25) is 11.7 Å². The lowest BCUT2D eigenvalue weighted by molar-refractivity contribution is 0.345. The molecule has 0 spiro atoms. The van der Waals surface area contributed by atoms with Crippen LogP contribution in [0.3, 0.4) is 0 Å². The van der Waals surface area contributed by atoms with Gasteiger partial charge < -0.3 is 9.84 Å². The lowest BCUT2D eigenvalue weighted by atomic mass is 10.1. The van der Waals surface area contributed by atoms with E-state index >= 15 is 0 Å². The van der Waals surface area contributed by atoms with E-state index in [1.54, 1.807) is 0 Å². The highest BCUT2D eigenvalue weighted by molar-refractivity contribution is 5.54. The van der Waals surface area contributed by atoms with Gasteiger partial charge in [0.15, 0.2) is 0 Å². The van der Waals surface area contributed by atoms with Crippen molar-refractivity contribution in [2.45, 2.75) is 39.7 Å². The van der Waals surface area contributed by atoms with Crippen molar-refractivity contribution in [1.29, 1.82) is 0 Å². The summed E-state index contributed by atoms with van der Waals surface area (Å²) in [6.45, 7) is 7.10. The zero-order valence-corrected chi connectivity index (χ0v) is 11.8. The first-order valence-electron chi connectivity index (χ1n) is 6.97. The number of nitrogens with zero attached hydrogens (tertiary/aromatic N) is 2. The molecule has 1 aromatic heterocycles. The van der Waals surface area contributed by atoms with Gasteiger partial charge in [-0.05, 0) is 26.3 Å². The molecule has 0 amide bonds. The van der Waals surface area contributed by atoms with E-state index in [9.17, 15) is 0 Å². The Bertz CT molecular complexity index is 498. The molecule has 1 aromatic carbocycles. The quantitative estimate of drug-likeness (QED) is 0.896. The summed E-state index contributed by atoms with van der Waals surface area (Å²) < 4.78 is 5.31. The van der Waals surface area contributed by atoms with E-state index in [1.807, 2.05) is 26.0 Å². The Morgan fingerprint density at radius 2 is 1.95 bits per heavy atom. The van der Waals surface area contributed by atoms with Crippen LogP contribution in [0.4, 0.5) is 0 Å². The fourth-order valence-electron chi connectivity index (χ4n) is 2.09. The number of aromatic nitrogens is 2. The topological polar surface area (TPSA) is 51.0 Å².